The van der Waals surface area contributed by atoms with E-state index in [2.05, 4.69) is 0 Å². The normalized spacial score (nSPS) is 29.7. The van der Waals surface area contributed by atoms with Gasteiger partial charge >= 0.3 is 0 Å². The highest BCUT2D eigenvalue weighted by Crippen LogP contribution is 2.58. The third-order valence-corrected chi connectivity index (χ3v) is 8.91. The lowest BCUT2D eigenvalue weighted by molar-refractivity contribution is -0.126. The van der Waals surface area contributed by atoms with E-state index in [9.17, 15) is 24.3 Å². The Bertz CT molecular complexity index is 1550. The summed E-state index contributed by atoms with van der Waals surface area (Å²) in [5, 5.41) is 10.3. The largest absolute Gasteiger partial charge is 0.508 e. The lowest BCUT2D eigenvalue weighted by atomic mass is 9.57. The van der Waals surface area contributed by atoms with Crippen molar-refractivity contribution in [2.45, 2.75) is 18.8 Å². The molecular weight excluding hydrogens is 492 g/mol. The lowest BCUT2D eigenvalue weighted by Crippen LogP contribution is -2.43. The van der Waals surface area contributed by atoms with Gasteiger partial charge in [-0.15, -0.1) is 0 Å². The number of rotatable bonds is 3. The number of benzene rings is 3. The van der Waals surface area contributed by atoms with E-state index in [-0.39, 0.29) is 35.3 Å². The van der Waals surface area contributed by atoms with Gasteiger partial charge in [0.1, 0.15) is 5.75 Å². The third-order valence-electron chi connectivity index (χ3n) is 8.91. The fourth-order valence-electron chi connectivity index (χ4n) is 7.34. The molecule has 7 nitrogen and oxygen atoms in total. The maximum atomic E-state index is 14.0. The summed E-state index contributed by atoms with van der Waals surface area (Å²) in [5.41, 5.74) is 2.71. The number of carbonyl (C=O) groups is 4. The van der Waals surface area contributed by atoms with Crippen LogP contribution in [0.3, 0.4) is 0 Å². The first kappa shape index (κ1) is 23.6. The molecule has 1 N–H and O–H groups in total. The number of fused-ring (bicyclic) bond motifs is 4. The lowest BCUT2D eigenvalue weighted by Gasteiger charge is -2.44. The van der Waals surface area contributed by atoms with Gasteiger partial charge in [-0.25, -0.2) is 0 Å². The third kappa shape index (κ3) is 3.42. The summed E-state index contributed by atoms with van der Waals surface area (Å²) in [4.78, 5) is 57.8. The van der Waals surface area contributed by atoms with Gasteiger partial charge in [0.25, 0.3) is 0 Å². The van der Waals surface area contributed by atoms with Crippen LogP contribution >= 0.6 is 0 Å². The van der Waals surface area contributed by atoms with E-state index in [0.29, 0.717) is 24.2 Å². The number of nitrogens with zero attached hydrogens (tertiary/aromatic N) is 2. The second-order valence-corrected chi connectivity index (χ2v) is 10.8. The van der Waals surface area contributed by atoms with Crippen LogP contribution in [-0.4, -0.2) is 28.7 Å². The van der Waals surface area contributed by atoms with E-state index in [1.165, 1.54) is 9.80 Å². The van der Waals surface area contributed by atoms with E-state index in [0.717, 1.165) is 11.1 Å². The first-order valence-electron chi connectivity index (χ1n) is 13.3. The first-order valence-corrected chi connectivity index (χ1v) is 13.3. The highest BCUT2D eigenvalue weighted by atomic mass is 16.3. The smallest absolute Gasteiger partial charge is 0.238 e. The topological polar surface area (TPSA) is 95.0 Å². The SMILES string of the molecule is O=C1C2CC=C3C(CC4C(=O)N(c5ccccc5)C(=O)C4C3c3cccc(O)c3)C2C(=O)N1c1ccccc1. The summed E-state index contributed by atoms with van der Waals surface area (Å²) in [6.45, 7) is 0. The molecule has 39 heavy (non-hydrogen) atoms. The summed E-state index contributed by atoms with van der Waals surface area (Å²) in [7, 11) is 0. The predicted octanol–water partition coefficient (Wildman–Crippen LogP) is 4.44. The monoisotopic (exact) mass is 518 g/mol. The van der Waals surface area contributed by atoms with Gasteiger partial charge in [0.05, 0.1) is 35.0 Å². The molecule has 3 aromatic carbocycles. The second kappa shape index (κ2) is 8.76. The molecule has 7 rings (SSSR count). The van der Waals surface area contributed by atoms with Crippen LogP contribution in [0.2, 0.25) is 0 Å². The highest BCUT2D eigenvalue weighted by Gasteiger charge is 2.62. The summed E-state index contributed by atoms with van der Waals surface area (Å²) in [5.74, 6) is -4.22. The number of phenolic OH excluding ortho intramolecular Hbond substituents is 1. The quantitative estimate of drug-likeness (QED) is 0.409. The van der Waals surface area contributed by atoms with Crippen LogP contribution < -0.4 is 9.80 Å². The Kier molecular flexibility index (Phi) is 5.30. The molecule has 4 amide bonds. The van der Waals surface area contributed by atoms with Gasteiger partial charge in [-0.05, 0) is 60.7 Å². The van der Waals surface area contributed by atoms with Crippen molar-refractivity contribution in [1.82, 2.24) is 0 Å². The van der Waals surface area contributed by atoms with E-state index in [1.807, 2.05) is 24.3 Å². The summed E-state index contributed by atoms with van der Waals surface area (Å²) >= 11 is 0. The molecule has 6 atom stereocenters. The van der Waals surface area contributed by atoms with Gasteiger partial charge in [0.2, 0.25) is 23.6 Å². The molecule has 0 aromatic heterocycles. The molecule has 7 heteroatoms. The zero-order valence-corrected chi connectivity index (χ0v) is 21.0. The van der Waals surface area contributed by atoms with Gasteiger partial charge in [-0.2, -0.15) is 0 Å². The van der Waals surface area contributed by atoms with Crippen molar-refractivity contribution in [3.8, 4) is 5.75 Å². The maximum Gasteiger partial charge on any atom is 0.238 e. The molecule has 6 unspecified atom stereocenters. The number of aromatic hydroxyl groups is 1. The predicted molar refractivity (Wildman–Crippen MR) is 143 cm³/mol. The number of hydrogen-bond donors (Lipinski definition) is 1. The minimum atomic E-state index is -0.656. The average Bonchev–Trinajstić information content (AvgIpc) is 3.36. The number of imide groups is 2. The fourth-order valence-corrected chi connectivity index (χ4v) is 7.34. The summed E-state index contributed by atoms with van der Waals surface area (Å²) in [6.07, 6.45) is 2.73. The van der Waals surface area contributed by atoms with Gasteiger partial charge in [0, 0.05) is 5.92 Å². The molecule has 1 saturated carbocycles. The van der Waals surface area contributed by atoms with Gasteiger partial charge < -0.3 is 5.11 Å². The van der Waals surface area contributed by atoms with Crippen LogP contribution in [0.5, 0.6) is 5.75 Å². The van der Waals surface area contributed by atoms with E-state index >= 15 is 0 Å². The molecule has 3 fully saturated rings. The van der Waals surface area contributed by atoms with Crippen molar-refractivity contribution < 1.29 is 24.3 Å². The van der Waals surface area contributed by atoms with Gasteiger partial charge in [-0.1, -0.05) is 60.2 Å². The van der Waals surface area contributed by atoms with Crippen molar-refractivity contribution in [2.24, 2.45) is 29.6 Å². The molecule has 2 saturated heterocycles. The number of anilines is 2. The molecule has 2 aliphatic heterocycles. The van der Waals surface area contributed by atoms with Crippen molar-refractivity contribution in [3.63, 3.8) is 0 Å². The van der Waals surface area contributed by atoms with Crippen LogP contribution in [0.1, 0.15) is 24.3 Å². The Balaban J connectivity index is 1.34. The molecule has 194 valence electrons. The van der Waals surface area contributed by atoms with Crippen molar-refractivity contribution >= 4 is 35.0 Å². The van der Waals surface area contributed by atoms with Crippen LogP contribution in [0.15, 0.2) is 96.6 Å². The molecule has 0 bridgehead atoms. The van der Waals surface area contributed by atoms with Crippen LogP contribution in [0, 0.1) is 29.6 Å². The van der Waals surface area contributed by atoms with Crippen LogP contribution in [0.4, 0.5) is 11.4 Å². The minimum Gasteiger partial charge on any atom is -0.508 e. The van der Waals surface area contributed by atoms with E-state index in [1.54, 1.807) is 66.7 Å². The molecule has 4 aliphatic rings. The van der Waals surface area contributed by atoms with Crippen molar-refractivity contribution in [3.05, 3.63) is 102 Å². The Morgan fingerprint density at radius 3 is 1.82 bits per heavy atom. The highest BCUT2D eigenvalue weighted by molar-refractivity contribution is 6.24. The first-order chi connectivity index (χ1) is 19.0. The second-order valence-electron chi connectivity index (χ2n) is 10.8. The zero-order chi connectivity index (χ0) is 26.8. The zero-order valence-electron chi connectivity index (χ0n) is 21.0. The Hall–Kier alpha value is -4.52. The standard InChI is InChI=1S/C32H26N2O5/c35-21-13-7-8-18(16-21)26-22-14-15-23-27(31(38)33(29(23)36)19-9-3-1-4-10-19)24(22)17-25-28(26)32(39)34(30(25)37)20-11-5-2-6-12-20/h1-14,16,23-28,35H,15,17H2. The minimum absolute atomic E-state index is 0.0690. The molecular formula is C32H26N2O5. The Labute approximate surface area is 225 Å². The molecule has 0 spiro atoms. The number of hydrogen-bond acceptors (Lipinski definition) is 5. The van der Waals surface area contributed by atoms with E-state index < -0.39 is 29.6 Å². The average molecular weight is 519 g/mol. The number of carbonyl (C=O) groups excluding carboxylic acids is 4. The summed E-state index contributed by atoms with van der Waals surface area (Å²) < 4.78 is 0. The molecule has 3 aromatic rings. The van der Waals surface area contributed by atoms with Crippen molar-refractivity contribution in [1.29, 1.82) is 0 Å². The Morgan fingerprint density at radius 1 is 0.615 bits per heavy atom. The Morgan fingerprint density at radius 2 is 1.21 bits per heavy atom. The molecule has 2 heterocycles. The maximum absolute atomic E-state index is 14.0. The van der Waals surface area contributed by atoms with Crippen LogP contribution in [0.25, 0.3) is 0 Å². The fraction of sp³-hybridized carbons (Fsp3) is 0.250. The molecule has 0 radical (unpaired) electrons. The van der Waals surface area contributed by atoms with E-state index in [4.69, 9.17) is 0 Å². The van der Waals surface area contributed by atoms with Gasteiger partial charge in [0.15, 0.2) is 0 Å². The van der Waals surface area contributed by atoms with Crippen molar-refractivity contribution in [2.75, 3.05) is 9.80 Å². The number of phenols is 1. The number of amides is 4. The summed E-state index contributed by atoms with van der Waals surface area (Å²) in [6, 6.07) is 24.6. The number of allylic oxidation sites excluding steroid dienone is 2. The van der Waals surface area contributed by atoms with Gasteiger partial charge in [-0.3, -0.25) is 29.0 Å². The number of para-hydroxylation sites is 2. The molecule has 2 aliphatic carbocycles. The van der Waals surface area contributed by atoms with Crippen LogP contribution in [-0.2, 0) is 19.2 Å².